The Balaban J connectivity index is 1.77. The molecule has 0 fully saturated rings. The topological polar surface area (TPSA) is 67.4 Å². The maximum Gasteiger partial charge on any atom is 0.259 e. The van der Waals surface area contributed by atoms with Crippen molar-refractivity contribution in [2.75, 3.05) is 10.6 Å². The molecular formula is C24H23BrN2O3. The number of amides is 2. The Morgan fingerprint density at radius 1 is 0.867 bits per heavy atom. The summed E-state index contributed by atoms with van der Waals surface area (Å²) < 4.78 is 6.52. The van der Waals surface area contributed by atoms with Crippen LogP contribution < -0.4 is 15.4 Å². The lowest BCUT2D eigenvalue weighted by Crippen LogP contribution is -2.17. The van der Waals surface area contributed by atoms with Gasteiger partial charge in [0.1, 0.15) is 5.75 Å². The molecule has 6 heteroatoms. The molecule has 30 heavy (non-hydrogen) atoms. The molecule has 0 saturated heterocycles. The lowest BCUT2D eigenvalue weighted by Gasteiger charge is -2.15. The number of rotatable bonds is 6. The summed E-state index contributed by atoms with van der Waals surface area (Å²) >= 11 is 3.40. The summed E-state index contributed by atoms with van der Waals surface area (Å²) in [6.07, 6.45) is -0.0635. The van der Waals surface area contributed by atoms with Crippen molar-refractivity contribution in [2.45, 2.75) is 26.9 Å². The van der Waals surface area contributed by atoms with E-state index >= 15 is 0 Å². The number of benzene rings is 3. The Labute approximate surface area is 184 Å². The number of carbonyl (C=O) groups excluding carboxylic acids is 2. The molecule has 0 saturated carbocycles. The molecule has 0 aliphatic rings. The van der Waals surface area contributed by atoms with Crippen LogP contribution in [-0.4, -0.2) is 17.9 Å². The summed E-state index contributed by atoms with van der Waals surface area (Å²) in [7, 11) is 0. The molecule has 154 valence electrons. The molecule has 3 aromatic rings. The second-order valence-corrected chi connectivity index (χ2v) is 8.08. The van der Waals surface area contributed by atoms with Crippen LogP contribution in [0.1, 0.15) is 40.1 Å². The van der Waals surface area contributed by atoms with Crippen LogP contribution in [0.2, 0.25) is 0 Å². The van der Waals surface area contributed by atoms with Gasteiger partial charge in [-0.05, 0) is 74.9 Å². The summed E-state index contributed by atoms with van der Waals surface area (Å²) in [4.78, 5) is 25.5. The monoisotopic (exact) mass is 466 g/mol. The van der Waals surface area contributed by atoms with E-state index in [1.54, 1.807) is 36.4 Å². The van der Waals surface area contributed by atoms with Gasteiger partial charge in [0.15, 0.2) is 0 Å². The third kappa shape index (κ3) is 5.70. The number of ether oxygens (including phenoxy) is 1. The molecule has 0 bridgehead atoms. The molecule has 2 amide bonds. The van der Waals surface area contributed by atoms with E-state index in [2.05, 4.69) is 26.6 Å². The van der Waals surface area contributed by atoms with Crippen molar-refractivity contribution < 1.29 is 14.3 Å². The number of aryl methyl sites for hydroxylation is 1. The lowest BCUT2D eigenvalue weighted by atomic mass is 10.1. The number of carbonyl (C=O) groups is 2. The van der Waals surface area contributed by atoms with E-state index in [0.29, 0.717) is 22.6 Å². The maximum absolute atomic E-state index is 12.9. The number of hydrogen-bond donors (Lipinski definition) is 2. The van der Waals surface area contributed by atoms with Gasteiger partial charge >= 0.3 is 0 Å². The number of nitrogens with one attached hydrogen (secondary N) is 2. The third-order valence-electron chi connectivity index (χ3n) is 4.21. The van der Waals surface area contributed by atoms with Gasteiger partial charge in [0, 0.05) is 21.4 Å². The van der Waals surface area contributed by atoms with Gasteiger partial charge < -0.3 is 15.4 Å². The first-order chi connectivity index (χ1) is 14.3. The molecule has 0 aliphatic carbocycles. The van der Waals surface area contributed by atoms with E-state index in [4.69, 9.17) is 4.74 Å². The van der Waals surface area contributed by atoms with Crippen LogP contribution in [0.15, 0.2) is 71.2 Å². The van der Waals surface area contributed by atoms with Crippen molar-refractivity contribution in [1.29, 1.82) is 0 Å². The van der Waals surface area contributed by atoms with Gasteiger partial charge in [-0.25, -0.2) is 0 Å². The average Bonchev–Trinajstić information content (AvgIpc) is 2.69. The van der Waals surface area contributed by atoms with Crippen molar-refractivity contribution in [3.63, 3.8) is 0 Å². The van der Waals surface area contributed by atoms with Crippen molar-refractivity contribution >= 4 is 39.1 Å². The fraction of sp³-hybridized carbons (Fsp3) is 0.167. The van der Waals surface area contributed by atoms with Crippen molar-refractivity contribution in [2.24, 2.45) is 0 Å². The smallest absolute Gasteiger partial charge is 0.259 e. The molecule has 0 atom stereocenters. The zero-order valence-electron chi connectivity index (χ0n) is 17.0. The van der Waals surface area contributed by atoms with Crippen molar-refractivity contribution in [3.05, 3.63) is 87.9 Å². The normalized spacial score (nSPS) is 10.6. The second kappa shape index (κ2) is 9.59. The van der Waals surface area contributed by atoms with E-state index in [-0.39, 0.29) is 17.9 Å². The first-order valence-electron chi connectivity index (χ1n) is 9.57. The van der Waals surface area contributed by atoms with Crippen LogP contribution in [0.4, 0.5) is 11.4 Å². The van der Waals surface area contributed by atoms with Crippen LogP contribution in [0.25, 0.3) is 0 Å². The molecule has 0 radical (unpaired) electrons. The van der Waals surface area contributed by atoms with Gasteiger partial charge in [-0.2, -0.15) is 0 Å². The van der Waals surface area contributed by atoms with Gasteiger partial charge in [0.2, 0.25) is 0 Å². The van der Waals surface area contributed by atoms with Gasteiger partial charge in [0.25, 0.3) is 11.8 Å². The van der Waals surface area contributed by atoms with E-state index in [1.165, 1.54) is 0 Å². The predicted molar refractivity (Wildman–Crippen MR) is 123 cm³/mol. The van der Waals surface area contributed by atoms with Gasteiger partial charge in [-0.1, -0.05) is 34.1 Å². The largest absolute Gasteiger partial charge is 0.490 e. The minimum absolute atomic E-state index is 0.0635. The third-order valence-corrected chi connectivity index (χ3v) is 4.70. The van der Waals surface area contributed by atoms with Crippen LogP contribution >= 0.6 is 15.9 Å². The molecule has 3 aromatic carbocycles. The fourth-order valence-corrected chi connectivity index (χ4v) is 3.26. The molecule has 0 unspecified atom stereocenters. The Kier molecular flexibility index (Phi) is 6.90. The summed E-state index contributed by atoms with van der Waals surface area (Å²) in [6, 6.07) is 19.7. The maximum atomic E-state index is 12.9. The van der Waals surface area contributed by atoms with E-state index in [0.717, 1.165) is 15.7 Å². The SMILES string of the molecule is Cc1cccc(NC(=O)c2cccc(NC(=O)c3cc(Br)ccc3OC(C)C)c2)c1. The zero-order valence-corrected chi connectivity index (χ0v) is 18.6. The number of hydrogen-bond acceptors (Lipinski definition) is 3. The standard InChI is InChI=1S/C24H23BrN2O3/c1-15(2)30-22-11-10-18(25)14-21(22)24(29)27-20-9-5-7-17(13-20)23(28)26-19-8-4-6-16(3)12-19/h4-15H,1-3H3,(H,26,28)(H,27,29). The highest BCUT2D eigenvalue weighted by molar-refractivity contribution is 9.10. The van der Waals surface area contributed by atoms with Crippen LogP contribution in [0.3, 0.4) is 0 Å². The van der Waals surface area contributed by atoms with E-state index in [1.807, 2.05) is 51.1 Å². The Morgan fingerprint density at radius 3 is 2.23 bits per heavy atom. The molecule has 5 nitrogen and oxygen atoms in total. The second-order valence-electron chi connectivity index (χ2n) is 7.17. The van der Waals surface area contributed by atoms with E-state index in [9.17, 15) is 9.59 Å². The quantitative estimate of drug-likeness (QED) is 0.464. The predicted octanol–water partition coefficient (Wildman–Crippen LogP) is 6.05. The van der Waals surface area contributed by atoms with Crippen LogP contribution in [-0.2, 0) is 0 Å². The zero-order chi connectivity index (χ0) is 21.7. The molecule has 3 rings (SSSR count). The van der Waals surface area contributed by atoms with Gasteiger partial charge in [-0.3, -0.25) is 9.59 Å². The fourth-order valence-electron chi connectivity index (χ4n) is 2.90. The van der Waals surface area contributed by atoms with Gasteiger partial charge in [0.05, 0.1) is 11.7 Å². The minimum Gasteiger partial charge on any atom is -0.490 e. The molecular weight excluding hydrogens is 444 g/mol. The first kappa shape index (κ1) is 21.6. The molecule has 0 aliphatic heterocycles. The highest BCUT2D eigenvalue weighted by Gasteiger charge is 2.16. The van der Waals surface area contributed by atoms with Crippen molar-refractivity contribution in [1.82, 2.24) is 0 Å². The average molecular weight is 467 g/mol. The first-order valence-corrected chi connectivity index (χ1v) is 10.4. The molecule has 0 aromatic heterocycles. The summed E-state index contributed by atoms with van der Waals surface area (Å²) in [5.74, 6) is -0.0646. The summed E-state index contributed by atoms with van der Waals surface area (Å²) in [5, 5.41) is 5.72. The molecule has 2 N–H and O–H groups in total. The van der Waals surface area contributed by atoms with E-state index < -0.39 is 0 Å². The molecule has 0 heterocycles. The Morgan fingerprint density at radius 2 is 1.53 bits per heavy atom. The highest BCUT2D eigenvalue weighted by Crippen LogP contribution is 2.25. The summed E-state index contributed by atoms with van der Waals surface area (Å²) in [6.45, 7) is 5.77. The Hall–Kier alpha value is -3.12. The van der Waals surface area contributed by atoms with Crippen LogP contribution in [0.5, 0.6) is 5.75 Å². The summed E-state index contributed by atoms with van der Waals surface area (Å²) in [5.41, 5.74) is 3.16. The minimum atomic E-state index is -0.316. The lowest BCUT2D eigenvalue weighted by molar-refractivity contribution is 0.101. The van der Waals surface area contributed by atoms with Crippen molar-refractivity contribution in [3.8, 4) is 5.75 Å². The highest BCUT2D eigenvalue weighted by atomic mass is 79.9. The van der Waals surface area contributed by atoms with Crippen LogP contribution in [0, 0.1) is 6.92 Å². The Bertz CT molecular complexity index is 1080. The number of anilines is 2. The van der Waals surface area contributed by atoms with Gasteiger partial charge in [-0.15, -0.1) is 0 Å². The molecule has 0 spiro atoms. The number of halogens is 1.